The number of rotatable bonds is 5. The van der Waals surface area contributed by atoms with Gasteiger partial charge >= 0.3 is 5.97 Å². The average Bonchev–Trinajstić information content (AvgIpc) is 2.31. The molecule has 3 nitrogen and oxygen atoms in total. The summed E-state index contributed by atoms with van der Waals surface area (Å²) in [4.78, 5) is 12.0. The molecule has 0 amide bonds. The van der Waals surface area contributed by atoms with Crippen molar-refractivity contribution in [3.8, 4) is 0 Å². The number of carbonyl (C=O) groups is 1. The van der Waals surface area contributed by atoms with E-state index in [9.17, 15) is 4.79 Å². The van der Waals surface area contributed by atoms with E-state index in [0.717, 1.165) is 24.0 Å². The maximum Gasteiger partial charge on any atom is 0.338 e. The Balaban J connectivity index is 2.73. The smallest absolute Gasteiger partial charge is 0.338 e. The van der Waals surface area contributed by atoms with Gasteiger partial charge in [0.05, 0.1) is 12.2 Å². The van der Waals surface area contributed by atoms with Gasteiger partial charge < -0.3 is 10.5 Å². The van der Waals surface area contributed by atoms with E-state index < -0.39 is 0 Å². The summed E-state index contributed by atoms with van der Waals surface area (Å²) in [6, 6.07) is 3.56. The van der Waals surface area contributed by atoms with Crippen molar-refractivity contribution in [2.45, 2.75) is 40.5 Å². The standard InChI is InChI=1S/C15H23NO2/c1-5-6-10(2)9-18-15(17)14-8-13(16)7-11(3)12(14)4/h7-8,10H,5-6,9,16H2,1-4H3. The first-order valence-corrected chi connectivity index (χ1v) is 6.49. The van der Waals surface area contributed by atoms with Gasteiger partial charge in [0.25, 0.3) is 0 Å². The van der Waals surface area contributed by atoms with Gasteiger partial charge in [0, 0.05) is 5.69 Å². The zero-order valence-corrected chi connectivity index (χ0v) is 11.7. The van der Waals surface area contributed by atoms with Gasteiger partial charge in [0.2, 0.25) is 0 Å². The number of benzene rings is 1. The molecule has 2 N–H and O–H groups in total. The lowest BCUT2D eigenvalue weighted by molar-refractivity contribution is 0.0442. The largest absolute Gasteiger partial charge is 0.462 e. The monoisotopic (exact) mass is 249 g/mol. The summed E-state index contributed by atoms with van der Waals surface area (Å²) < 4.78 is 5.34. The van der Waals surface area contributed by atoms with E-state index in [4.69, 9.17) is 10.5 Å². The number of esters is 1. The molecule has 0 aliphatic carbocycles. The number of ether oxygens (including phenoxy) is 1. The molecular formula is C15H23NO2. The van der Waals surface area contributed by atoms with Crippen molar-refractivity contribution >= 4 is 11.7 Å². The summed E-state index contributed by atoms with van der Waals surface area (Å²) in [7, 11) is 0. The SMILES string of the molecule is CCCC(C)COC(=O)c1cc(N)cc(C)c1C. The molecule has 1 unspecified atom stereocenters. The van der Waals surface area contributed by atoms with Crippen LogP contribution in [0.5, 0.6) is 0 Å². The molecule has 0 fully saturated rings. The predicted molar refractivity (Wildman–Crippen MR) is 74.7 cm³/mol. The van der Waals surface area contributed by atoms with E-state index in [1.54, 1.807) is 6.07 Å². The third-order valence-corrected chi connectivity index (χ3v) is 3.19. The van der Waals surface area contributed by atoms with E-state index in [1.165, 1.54) is 0 Å². The Morgan fingerprint density at radius 1 is 1.39 bits per heavy atom. The molecule has 3 heteroatoms. The Morgan fingerprint density at radius 3 is 2.67 bits per heavy atom. The highest BCUT2D eigenvalue weighted by atomic mass is 16.5. The predicted octanol–water partition coefficient (Wildman–Crippen LogP) is 3.48. The number of aryl methyl sites for hydroxylation is 1. The molecule has 1 rings (SSSR count). The summed E-state index contributed by atoms with van der Waals surface area (Å²) >= 11 is 0. The second-order valence-corrected chi connectivity index (χ2v) is 5.00. The summed E-state index contributed by atoms with van der Waals surface area (Å²) in [6.07, 6.45) is 2.18. The van der Waals surface area contributed by atoms with Gasteiger partial charge in [-0.1, -0.05) is 20.3 Å². The minimum absolute atomic E-state index is 0.272. The fraction of sp³-hybridized carbons (Fsp3) is 0.533. The topological polar surface area (TPSA) is 52.3 Å². The van der Waals surface area contributed by atoms with Crippen molar-refractivity contribution in [2.75, 3.05) is 12.3 Å². The molecule has 18 heavy (non-hydrogen) atoms. The minimum atomic E-state index is -0.272. The molecule has 0 bridgehead atoms. The van der Waals surface area contributed by atoms with Crippen molar-refractivity contribution in [3.63, 3.8) is 0 Å². The highest BCUT2D eigenvalue weighted by Gasteiger charge is 2.14. The van der Waals surface area contributed by atoms with Crippen LogP contribution in [0.1, 0.15) is 48.2 Å². The van der Waals surface area contributed by atoms with Crippen molar-refractivity contribution in [3.05, 3.63) is 28.8 Å². The van der Waals surface area contributed by atoms with Crippen LogP contribution < -0.4 is 5.73 Å². The first kappa shape index (κ1) is 14.6. The maximum absolute atomic E-state index is 12.0. The third kappa shape index (κ3) is 3.76. The normalized spacial score (nSPS) is 12.2. The van der Waals surface area contributed by atoms with Gasteiger partial charge in [-0.2, -0.15) is 0 Å². The Hall–Kier alpha value is -1.51. The average molecular weight is 249 g/mol. The van der Waals surface area contributed by atoms with Gasteiger partial charge in [0.15, 0.2) is 0 Å². The van der Waals surface area contributed by atoms with Gasteiger partial charge in [-0.3, -0.25) is 0 Å². The molecule has 0 saturated heterocycles. The molecule has 0 aromatic heterocycles. The lowest BCUT2D eigenvalue weighted by Gasteiger charge is -2.13. The highest BCUT2D eigenvalue weighted by molar-refractivity contribution is 5.92. The van der Waals surface area contributed by atoms with Crippen LogP contribution >= 0.6 is 0 Å². The summed E-state index contributed by atoms with van der Waals surface area (Å²) in [5, 5.41) is 0. The number of hydrogen-bond acceptors (Lipinski definition) is 3. The Morgan fingerprint density at radius 2 is 2.06 bits per heavy atom. The molecule has 1 aromatic rings. The second kappa shape index (κ2) is 6.43. The van der Waals surface area contributed by atoms with E-state index in [-0.39, 0.29) is 5.97 Å². The zero-order chi connectivity index (χ0) is 13.7. The van der Waals surface area contributed by atoms with E-state index >= 15 is 0 Å². The quantitative estimate of drug-likeness (QED) is 0.642. The third-order valence-electron chi connectivity index (χ3n) is 3.19. The summed E-state index contributed by atoms with van der Waals surface area (Å²) in [5.74, 6) is 0.132. The molecule has 0 heterocycles. The molecule has 0 spiro atoms. The Kier molecular flexibility index (Phi) is 5.20. The van der Waals surface area contributed by atoms with Crippen LogP contribution in [0.2, 0.25) is 0 Å². The van der Waals surface area contributed by atoms with Crippen LogP contribution in [0.4, 0.5) is 5.69 Å². The molecule has 0 aliphatic rings. The molecule has 100 valence electrons. The highest BCUT2D eigenvalue weighted by Crippen LogP contribution is 2.19. The van der Waals surface area contributed by atoms with Crippen LogP contribution in [-0.2, 0) is 4.74 Å². The van der Waals surface area contributed by atoms with Crippen LogP contribution in [0, 0.1) is 19.8 Å². The van der Waals surface area contributed by atoms with E-state index in [1.807, 2.05) is 19.9 Å². The molecule has 0 radical (unpaired) electrons. The number of anilines is 1. The van der Waals surface area contributed by atoms with Gasteiger partial charge in [0.1, 0.15) is 0 Å². The lowest BCUT2D eigenvalue weighted by Crippen LogP contribution is -2.14. The number of hydrogen-bond donors (Lipinski definition) is 1. The number of nitrogens with two attached hydrogens (primary N) is 1. The number of carbonyl (C=O) groups excluding carboxylic acids is 1. The van der Waals surface area contributed by atoms with E-state index in [0.29, 0.717) is 23.8 Å². The van der Waals surface area contributed by atoms with E-state index in [2.05, 4.69) is 13.8 Å². The molecule has 0 aliphatic heterocycles. The van der Waals surface area contributed by atoms with Crippen molar-refractivity contribution in [1.82, 2.24) is 0 Å². The van der Waals surface area contributed by atoms with Crippen molar-refractivity contribution < 1.29 is 9.53 Å². The zero-order valence-electron chi connectivity index (χ0n) is 11.7. The fourth-order valence-corrected chi connectivity index (χ4v) is 1.97. The lowest BCUT2D eigenvalue weighted by atomic mass is 10.0. The summed E-state index contributed by atoms with van der Waals surface area (Å²) in [5.41, 5.74) is 8.90. The maximum atomic E-state index is 12.0. The van der Waals surface area contributed by atoms with Crippen molar-refractivity contribution in [2.24, 2.45) is 5.92 Å². The first-order chi connectivity index (χ1) is 8.45. The van der Waals surface area contributed by atoms with Crippen LogP contribution in [0.3, 0.4) is 0 Å². The van der Waals surface area contributed by atoms with Crippen LogP contribution in [0.25, 0.3) is 0 Å². The molecule has 1 aromatic carbocycles. The van der Waals surface area contributed by atoms with Crippen LogP contribution in [0.15, 0.2) is 12.1 Å². The van der Waals surface area contributed by atoms with Gasteiger partial charge in [-0.25, -0.2) is 4.79 Å². The fourth-order valence-electron chi connectivity index (χ4n) is 1.97. The Labute approximate surface area is 109 Å². The van der Waals surface area contributed by atoms with Gasteiger partial charge in [-0.05, 0) is 49.4 Å². The number of nitrogen functional groups attached to an aromatic ring is 1. The van der Waals surface area contributed by atoms with Crippen LogP contribution in [-0.4, -0.2) is 12.6 Å². The molecule has 0 saturated carbocycles. The summed E-state index contributed by atoms with van der Waals surface area (Å²) in [6.45, 7) is 8.56. The Bertz CT molecular complexity index is 427. The van der Waals surface area contributed by atoms with Gasteiger partial charge in [-0.15, -0.1) is 0 Å². The first-order valence-electron chi connectivity index (χ1n) is 6.49. The molecule has 1 atom stereocenters. The minimum Gasteiger partial charge on any atom is -0.462 e. The second-order valence-electron chi connectivity index (χ2n) is 5.00. The van der Waals surface area contributed by atoms with Crippen molar-refractivity contribution in [1.29, 1.82) is 0 Å². The molecular weight excluding hydrogens is 226 g/mol.